The first-order valence-corrected chi connectivity index (χ1v) is 3.82. The first-order chi connectivity index (χ1) is 5.07. The summed E-state index contributed by atoms with van der Waals surface area (Å²) in [6.45, 7) is 3.43. The summed E-state index contributed by atoms with van der Waals surface area (Å²) in [6, 6.07) is 0. The van der Waals surface area contributed by atoms with E-state index in [2.05, 4.69) is 6.58 Å². The zero-order chi connectivity index (χ0) is 8.85. The van der Waals surface area contributed by atoms with Gasteiger partial charge in [0.25, 0.3) is 0 Å². The molecule has 0 spiro atoms. The summed E-state index contributed by atoms with van der Waals surface area (Å²) < 4.78 is 0. The normalized spacial score (nSPS) is 13.3. The molecule has 0 saturated heterocycles. The fourth-order valence-corrected chi connectivity index (χ4v) is 0.737. The maximum Gasteiger partial charge on any atom is 0.0559 e. The second kappa shape index (κ2) is 5.10. The summed E-state index contributed by atoms with van der Waals surface area (Å²) in [7, 11) is 0. The van der Waals surface area contributed by atoms with Gasteiger partial charge in [0.15, 0.2) is 0 Å². The number of allylic oxidation sites excluding steroid dienone is 3. The van der Waals surface area contributed by atoms with Crippen LogP contribution in [0.2, 0.25) is 0 Å². The van der Waals surface area contributed by atoms with Crippen molar-refractivity contribution in [2.24, 2.45) is 11.5 Å². The molecule has 0 aromatic rings. The Labute approximate surface area is 76.1 Å². The van der Waals surface area contributed by atoms with Crippen molar-refractivity contribution >= 4 is 23.2 Å². The fraction of sp³-hybridized carbons (Fsp3) is 0.143. The minimum atomic E-state index is 0.329. The molecule has 0 aliphatic rings. The zero-order valence-electron chi connectivity index (χ0n) is 5.98. The van der Waals surface area contributed by atoms with Crippen molar-refractivity contribution in [3.05, 3.63) is 35.2 Å². The van der Waals surface area contributed by atoms with Crippen LogP contribution in [0.15, 0.2) is 35.2 Å². The van der Waals surface area contributed by atoms with E-state index in [4.69, 9.17) is 34.7 Å². The molecule has 0 fully saturated rings. The largest absolute Gasteiger partial charge is 0.397 e. The van der Waals surface area contributed by atoms with E-state index in [-0.39, 0.29) is 0 Å². The Morgan fingerprint density at radius 3 is 2.27 bits per heavy atom. The highest BCUT2D eigenvalue weighted by molar-refractivity contribution is 6.30. The third kappa shape index (κ3) is 4.76. The van der Waals surface area contributed by atoms with Crippen LogP contribution in [-0.2, 0) is 0 Å². The molecule has 0 unspecified atom stereocenters. The van der Waals surface area contributed by atoms with Crippen molar-refractivity contribution in [2.45, 2.75) is 0 Å². The highest BCUT2D eigenvalue weighted by Gasteiger charge is 1.93. The molecule has 0 amide bonds. The van der Waals surface area contributed by atoms with Gasteiger partial charge in [-0.3, -0.25) is 0 Å². The molecular formula is C7H10Cl2N2. The van der Waals surface area contributed by atoms with Gasteiger partial charge in [0.1, 0.15) is 0 Å². The van der Waals surface area contributed by atoms with Crippen LogP contribution in [0.1, 0.15) is 0 Å². The SMILES string of the molecule is C=C(Cl)/C=C(N)\C(N)=C/CCl. The van der Waals surface area contributed by atoms with Crippen molar-refractivity contribution in [2.75, 3.05) is 5.88 Å². The van der Waals surface area contributed by atoms with Crippen LogP contribution in [0.25, 0.3) is 0 Å². The van der Waals surface area contributed by atoms with Crippen LogP contribution in [0.3, 0.4) is 0 Å². The van der Waals surface area contributed by atoms with Crippen LogP contribution in [0, 0.1) is 0 Å². The van der Waals surface area contributed by atoms with Gasteiger partial charge in [-0.25, -0.2) is 0 Å². The Balaban J connectivity index is 4.35. The van der Waals surface area contributed by atoms with Crippen molar-refractivity contribution in [3.63, 3.8) is 0 Å². The minimum absolute atomic E-state index is 0.329. The third-order valence-corrected chi connectivity index (χ3v) is 1.21. The Bertz CT molecular complexity index is 206. The molecule has 4 heteroatoms. The van der Waals surface area contributed by atoms with Crippen LogP contribution >= 0.6 is 23.2 Å². The van der Waals surface area contributed by atoms with E-state index < -0.39 is 0 Å². The fourth-order valence-electron chi connectivity index (χ4n) is 0.453. The monoisotopic (exact) mass is 192 g/mol. The molecule has 62 valence electrons. The molecule has 2 nitrogen and oxygen atoms in total. The van der Waals surface area contributed by atoms with Crippen LogP contribution in [0.5, 0.6) is 0 Å². The highest BCUT2D eigenvalue weighted by atomic mass is 35.5. The van der Waals surface area contributed by atoms with Gasteiger partial charge in [0.2, 0.25) is 0 Å². The van der Waals surface area contributed by atoms with Crippen molar-refractivity contribution < 1.29 is 0 Å². The minimum Gasteiger partial charge on any atom is -0.397 e. The molecule has 0 saturated carbocycles. The van der Waals surface area contributed by atoms with Gasteiger partial charge in [-0.2, -0.15) is 0 Å². The maximum atomic E-state index is 5.47. The van der Waals surface area contributed by atoms with Crippen molar-refractivity contribution in [3.8, 4) is 0 Å². The quantitative estimate of drug-likeness (QED) is 0.529. The molecule has 0 heterocycles. The molecule has 0 bridgehead atoms. The molecule has 0 aliphatic heterocycles. The van der Waals surface area contributed by atoms with E-state index in [0.717, 1.165) is 0 Å². The van der Waals surface area contributed by atoms with Gasteiger partial charge in [-0.05, 0) is 12.2 Å². The Kier molecular flexibility index (Phi) is 4.83. The van der Waals surface area contributed by atoms with Crippen LogP contribution in [-0.4, -0.2) is 5.88 Å². The maximum absolute atomic E-state index is 5.47. The van der Waals surface area contributed by atoms with Gasteiger partial charge < -0.3 is 11.5 Å². The Morgan fingerprint density at radius 1 is 1.36 bits per heavy atom. The van der Waals surface area contributed by atoms with E-state index in [1.54, 1.807) is 6.08 Å². The molecule has 0 aromatic heterocycles. The molecule has 0 radical (unpaired) electrons. The first-order valence-electron chi connectivity index (χ1n) is 2.91. The molecule has 4 N–H and O–H groups in total. The smallest absolute Gasteiger partial charge is 0.0559 e. The van der Waals surface area contributed by atoms with E-state index in [0.29, 0.717) is 22.3 Å². The van der Waals surface area contributed by atoms with Gasteiger partial charge in [-0.1, -0.05) is 18.2 Å². The van der Waals surface area contributed by atoms with Crippen LogP contribution < -0.4 is 11.5 Å². The molecule has 0 rings (SSSR count). The van der Waals surface area contributed by atoms with Crippen molar-refractivity contribution in [1.82, 2.24) is 0 Å². The summed E-state index contributed by atoms with van der Waals surface area (Å²) >= 11 is 10.8. The number of halogens is 2. The van der Waals surface area contributed by atoms with Gasteiger partial charge in [0.05, 0.1) is 11.4 Å². The summed E-state index contributed by atoms with van der Waals surface area (Å²) in [5.74, 6) is 0.329. The van der Waals surface area contributed by atoms with E-state index >= 15 is 0 Å². The van der Waals surface area contributed by atoms with Gasteiger partial charge in [-0.15, -0.1) is 11.6 Å². The zero-order valence-corrected chi connectivity index (χ0v) is 7.49. The third-order valence-electron chi connectivity index (χ3n) is 0.943. The first kappa shape index (κ1) is 10.4. The molecule has 11 heavy (non-hydrogen) atoms. The van der Waals surface area contributed by atoms with Gasteiger partial charge >= 0.3 is 0 Å². The number of hydrogen-bond acceptors (Lipinski definition) is 2. The number of alkyl halides is 1. The average Bonchev–Trinajstić information content (AvgIpc) is 1.86. The average molecular weight is 193 g/mol. The predicted molar refractivity (Wildman–Crippen MR) is 50.3 cm³/mol. The number of hydrogen-bond donors (Lipinski definition) is 2. The van der Waals surface area contributed by atoms with E-state index in [9.17, 15) is 0 Å². The number of rotatable bonds is 3. The Morgan fingerprint density at radius 2 is 1.91 bits per heavy atom. The lowest BCUT2D eigenvalue weighted by molar-refractivity contribution is 1.23. The van der Waals surface area contributed by atoms with Crippen LogP contribution in [0.4, 0.5) is 0 Å². The highest BCUT2D eigenvalue weighted by Crippen LogP contribution is 2.04. The van der Waals surface area contributed by atoms with Crippen molar-refractivity contribution in [1.29, 1.82) is 0 Å². The predicted octanol–water partition coefficient (Wildman–Crippen LogP) is 1.66. The lowest BCUT2D eigenvalue weighted by atomic mass is 10.3. The molecular weight excluding hydrogens is 183 g/mol. The summed E-state index contributed by atoms with van der Waals surface area (Å²) in [5, 5.41) is 0.341. The van der Waals surface area contributed by atoms with E-state index in [1.165, 1.54) is 6.08 Å². The second-order valence-corrected chi connectivity index (χ2v) is 2.65. The lowest BCUT2D eigenvalue weighted by Gasteiger charge is -1.99. The summed E-state index contributed by atoms with van der Waals surface area (Å²) in [5.41, 5.74) is 11.7. The number of nitrogens with two attached hydrogens (primary N) is 2. The summed E-state index contributed by atoms with van der Waals surface area (Å²) in [6.07, 6.45) is 3.06. The molecule has 0 aromatic carbocycles. The topological polar surface area (TPSA) is 52.0 Å². The molecule has 0 aliphatic carbocycles. The lowest BCUT2D eigenvalue weighted by Crippen LogP contribution is -2.09. The van der Waals surface area contributed by atoms with E-state index in [1.807, 2.05) is 0 Å². The second-order valence-electron chi connectivity index (χ2n) is 1.86. The van der Waals surface area contributed by atoms with Gasteiger partial charge in [0, 0.05) is 10.9 Å². The molecule has 0 atom stereocenters. The Hall–Kier alpha value is -0.600. The standard InChI is InChI=1S/C7H10Cl2N2/c1-5(9)4-7(11)6(10)2-3-8/h2,4H,1,3,10-11H2/b6-2+,7-4+. The summed E-state index contributed by atoms with van der Waals surface area (Å²) in [4.78, 5) is 0.